The van der Waals surface area contributed by atoms with Crippen LogP contribution in [0, 0.1) is 11.7 Å². The Hall–Kier alpha value is -3.12. The molecule has 232 valence electrons. The van der Waals surface area contributed by atoms with E-state index in [1.54, 1.807) is 12.4 Å². The first kappa shape index (κ1) is 28.4. The third-order valence-electron chi connectivity index (χ3n) is 10.3. The monoisotopic (exact) mass is 621 g/mol. The summed E-state index contributed by atoms with van der Waals surface area (Å²) in [5.41, 5.74) is 2.52. The van der Waals surface area contributed by atoms with Crippen LogP contribution in [0.25, 0.3) is 33.1 Å². The molecule has 0 aliphatic carbocycles. The molecule has 44 heavy (non-hydrogen) atoms. The van der Waals surface area contributed by atoms with Crippen LogP contribution in [0.4, 0.5) is 10.2 Å². The summed E-state index contributed by atoms with van der Waals surface area (Å²) in [5.74, 6) is 0.0835. The van der Waals surface area contributed by atoms with E-state index in [-0.39, 0.29) is 41.3 Å². The number of nitrogens with one attached hydrogen (secondary N) is 1. The highest BCUT2D eigenvalue weighted by Crippen LogP contribution is 2.42. The molecule has 0 saturated carbocycles. The van der Waals surface area contributed by atoms with Gasteiger partial charge >= 0.3 is 6.01 Å². The number of halogens is 2. The van der Waals surface area contributed by atoms with E-state index in [1.165, 1.54) is 0 Å². The molecule has 2 unspecified atom stereocenters. The van der Waals surface area contributed by atoms with Gasteiger partial charge in [0.2, 0.25) is 0 Å². The molecule has 2 N–H and O–H groups in total. The van der Waals surface area contributed by atoms with Gasteiger partial charge in [0.15, 0.2) is 5.82 Å². The molecule has 4 aromatic rings. The second kappa shape index (κ2) is 11.3. The minimum absolute atomic E-state index is 0.00966. The number of benzene rings is 1. The van der Waals surface area contributed by atoms with Crippen LogP contribution in [0.3, 0.4) is 0 Å². The van der Waals surface area contributed by atoms with Crippen LogP contribution in [0.15, 0.2) is 18.5 Å². The maximum atomic E-state index is 17.0. The van der Waals surface area contributed by atoms with Gasteiger partial charge in [0.25, 0.3) is 0 Å². The van der Waals surface area contributed by atoms with Gasteiger partial charge in [-0.1, -0.05) is 11.6 Å². The Morgan fingerprint density at radius 2 is 2.00 bits per heavy atom. The molecular weight excluding hydrogens is 585 g/mol. The minimum atomic E-state index is -0.538. The van der Waals surface area contributed by atoms with Crippen LogP contribution in [0.1, 0.15) is 50.5 Å². The Morgan fingerprint density at radius 1 is 1.14 bits per heavy atom. The molecule has 2 atom stereocenters. The number of aromatic amines is 1. The van der Waals surface area contributed by atoms with Crippen LogP contribution < -0.4 is 9.64 Å². The number of aliphatic hydroxyl groups is 1. The number of ether oxygens (including phenoxy) is 2. The van der Waals surface area contributed by atoms with Crippen LogP contribution in [0.2, 0.25) is 5.02 Å². The van der Waals surface area contributed by atoms with Crippen molar-refractivity contribution in [1.82, 2.24) is 30.0 Å². The largest absolute Gasteiger partial charge is 0.461 e. The van der Waals surface area contributed by atoms with Crippen LogP contribution >= 0.6 is 11.6 Å². The molecule has 8 heterocycles. The molecule has 0 amide bonds. The fourth-order valence-electron chi connectivity index (χ4n) is 8.04. The van der Waals surface area contributed by atoms with Gasteiger partial charge in [0.05, 0.1) is 35.3 Å². The predicted octanol–water partition coefficient (Wildman–Crippen LogP) is 4.91. The molecule has 3 fully saturated rings. The van der Waals surface area contributed by atoms with Crippen LogP contribution in [-0.4, -0.2) is 92.8 Å². The summed E-state index contributed by atoms with van der Waals surface area (Å²) in [5, 5.41) is 19.1. The van der Waals surface area contributed by atoms with Crippen molar-refractivity contribution in [3.05, 3.63) is 34.9 Å². The van der Waals surface area contributed by atoms with Crippen molar-refractivity contribution < 1.29 is 19.0 Å². The van der Waals surface area contributed by atoms with E-state index in [1.807, 2.05) is 6.07 Å². The van der Waals surface area contributed by atoms with Gasteiger partial charge in [-0.3, -0.25) is 15.0 Å². The van der Waals surface area contributed by atoms with Crippen molar-refractivity contribution in [3.8, 4) is 17.3 Å². The molecule has 1 aromatic carbocycles. The topological polar surface area (TPSA) is 113 Å². The molecule has 0 radical (unpaired) electrons. The number of pyridine rings is 1. The minimum Gasteiger partial charge on any atom is -0.461 e. The summed E-state index contributed by atoms with van der Waals surface area (Å²) >= 11 is 6.82. The van der Waals surface area contributed by atoms with E-state index in [0.717, 1.165) is 74.5 Å². The van der Waals surface area contributed by atoms with Gasteiger partial charge in [-0.25, -0.2) is 4.39 Å². The third kappa shape index (κ3) is 4.71. The zero-order valence-electron chi connectivity index (χ0n) is 24.7. The smallest absolute Gasteiger partial charge is 0.319 e. The molecule has 12 heteroatoms. The van der Waals surface area contributed by atoms with Gasteiger partial charge in [-0.2, -0.15) is 15.1 Å². The first-order chi connectivity index (χ1) is 21.5. The zero-order chi connectivity index (χ0) is 29.8. The highest BCUT2D eigenvalue weighted by atomic mass is 35.5. The molecule has 5 aliphatic rings. The first-order valence-corrected chi connectivity index (χ1v) is 16.3. The molecule has 10 nitrogen and oxygen atoms in total. The van der Waals surface area contributed by atoms with Gasteiger partial charge in [0, 0.05) is 47.8 Å². The summed E-state index contributed by atoms with van der Waals surface area (Å²) < 4.78 is 29.6. The van der Waals surface area contributed by atoms with Gasteiger partial charge in [-0.15, -0.1) is 0 Å². The van der Waals surface area contributed by atoms with Crippen LogP contribution in [0.5, 0.6) is 6.01 Å². The summed E-state index contributed by atoms with van der Waals surface area (Å²) in [6, 6.07) is 1.98. The van der Waals surface area contributed by atoms with Gasteiger partial charge in [0.1, 0.15) is 23.6 Å². The zero-order valence-corrected chi connectivity index (χ0v) is 25.5. The lowest BCUT2D eigenvalue weighted by molar-refractivity contribution is 0.107. The van der Waals surface area contributed by atoms with E-state index in [9.17, 15) is 5.11 Å². The lowest BCUT2D eigenvalue weighted by atomic mass is 9.95. The molecule has 4 bridgehead atoms. The van der Waals surface area contributed by atoms with E-state index in [2.05, 4.69) is 20.0 Å². The molecule has 9 rings (SSSR count). The van der Waals surface area contributed by atoms with Crippen LogP contribution in [-0.2, 0) is 11.2 Å². The van der Waals surface area contributed by atoms with Crippen molar-refractivity contribution in [3.63, 3.8) is 0 Å². The summed E-state index contributed by atoms with van der Waals surface area (Å²) in [4.78, 5) is 19.0. The Bertz CT molecular complexity index is 1710. The lowest BCUT2D eigenvalue weighted by Gasteiger charge is -2.31. The normalized spacial score (nSPS) is 23.7. The summed E-state index contributed by atoms with van der Waals surface area (Å²) in [7, 11) is 0. The van der Waals surface area contributed by atoms with Crippen molar-refractivity contribution in [1.29, 1.82) is 0 Å². The van der Waals surface area contributed by atoms with E-state index < -0.39 is 5.82 Å². The highest BCUT2D eigenvalue weighted by molar-refractivity contribution is 6.33. The number of H-pyrrole nitrogens is 1. The molecule has 0 spiro atoms. The second-order valence-electron chi connectivity index (χ2n) is 12.9. The number of rotatable bonds is 4. The van der Waals surface area contributed by atoms with Crippen molar-refractivity contribution in [2.45, 2.75) is 62.9 Å². The number of nitrogens with zero attached hydrogens (tertiary/aromatic N) is 6. The molecule has 5 aliphatic heterocycles. The first-order valence-electron chi connectivity index (χ1n) is 15.9. The maximum absolute atomic E-state index is 17.0. The van der Waals surface area contributed by atoms with E-state index >= 15 is 4.39 Å². The fraction of sp³-hybridized carbons (Fsp3) is 0.562. The quantitative estimate of drug-likeness (QED) is 0.328. The Balaban J connectivity index is 1.31. The SMILES string of the molecule is OCC1CC2COCCCCc3c(Cl)cc4[nH]ncc4c3-c3ncc4c(nc(OCC56CCCN5CCC6)nc4c3F)N2C1. The summed E-state index contributed by atoms with van der Waals surface area (Å²) in [6.45, 7) is 4.35. The maximum Gasteiger partial charge on any atom is 0.319 e. The molecule has 3 saturated heterocycles. The van der Waals surface area contributed by atoms with E-state index in [0.29, 0.717) is 54.6 Å². The average Bonchev–Trinajstić information content (AvgIpc) is 3.81. The average molecular weight is 622 g/mol. The Morgan fingerprint density at radius 3 is 2.84 bits per heavy atom. The number of aromatic nitrogens is 5. The predicted molar refractivity (Wildman–Crippen MR) is 166 cm³/mol. The second-order valence-corrected chi connectivity index (χ2v) is 13.3. The standard InChI is InChI=1S/C32H37ClFN7O3/c33-24-12-25-22(14-36-39-25)26-21(24)5-1-2-10-43-17-20-11-19(16-42)15-41(20)30-23-13-35-29(26)27(34)28(23)37-31(38-30)44-18-32-6-3-8-40(32)9-4-7-32/h12-14,19-20,42H,1-11,15-18H2,(H,36,39). The molecular formula is C32H37ClFN7O3. The number of anilines is 1. The van der Waals surface area contributed by atoms with E-state index in [4.69, 9.17) is 36.0 Å². The fourth-order valence-corrected chi connectivity index (χ4v) is 8.34. The number of hydrogen-bond donors (Lipinski definition) is 2. The Labute approximate surface area is 259 Å². The van der Waals surface area contributed by atoms with Gasteiger partial charge in [-0.05, 0) is 76.1 Å². The summed E-state index contributed by atoms with van der Waals surface area (Å²) in [6.07, 6.45) is 10.9. The third-order valence-corrected chi connectivity index (χ3v) is 10.6. The van der Waals surface area contributed by atoms with Crippen molar-refractivity contribution in [2.24, 2.45) is 5.92 Å². The van der Waals surface area contributed by atoms with Gasteiger partial charge < -0.3 is 19.5 Å². The number of fused-ring (bicyclic) bond motifs is 8. The highest BCUT2D eigenvalue weighted by Gasteiger charge is 2.45. The Kier molecular flexibility index (Phi) is 7.32. The number of hydrogen-bond acceptors (Lipinski definition) is 9. The van der Waals surface area contributed by atoms with Crippen molar-refractivity contribution in [2.75, 3.05) is 51.0 Å². The number of aliphatic hydroxyl groups excluding tert-OH is 1. The lowest BCUT2D eigenvalue weighted by Crippen LogP contribution is -2.43. The molecule has 3 aromatic heterocycles. The van der Waals surface area contributed by atoms with Crippen molar-refractivity contribution >= 4 is 39.2 Å².